The Morgan fingerprint density at radius 3 is 1.20 bits per heavy atom. The maximum atomic E-state index is 10.5. The van der Waals surface area contributed by atoms with E-state index in [9.17, 15) is 16.8 Å². The molecule has 0 saturated heterocycles. The fourth-order valence-corrected chi connectivity index (χ4v) is 3.77. The van der Waals surface area contributed by atoms with Gasteiger partial charge in [0.1, 0.15) is 0 Å². The molecule has 0 aromatic heterocycles. The number of aryl methyl sites for hydroxylation is 2. The number of nitrogens with zero attached hydrogens (tertiary/aromatic N) is 6. The summed E-state index contributed by atoms with van der Waals surface area (Å²) >= 11 is 0. The van der Waals surface area contributed by atoms with Crippen LogP contribution in [-0.2, 0) is 20.2 Å². The summed E-state index contributed by atoms with van der Waals surface area (Å²) in [5.74, 6) is 0. The minimum absolute atomic E-state index is 0.0666. The Labute approximate surface area is 236 Å². The lowest BCUT2D eigenvalue weighted by molar-refractivity contribution is 0.481. The predicted octanol–water partition coefficient (Wildman–Crippen LogP) is 4.83. The van der Waals surface area contributed by atoms with E-state index in [1.54, 1.807) is 24.3 Å². The molecule has 0 aliphatic rings. The van der Waals surface area contributed by atoms with Crippen LogP contribution in [0.4, 0.5) is 0 Å². The third-order valence-electron chi connectivity index (χ3n) is 4.94. The monoisotopic (exact) mass is 598 g/mol. The molecule has 222 valence electrons. The van der Waals surface area contributed by atoms with Crippen molar-refractivity contribution in [3.63, 3.8) is 0 Å². The highest BCUT2D eigenvalue weighted by Crippen LogP contribution is 2.09. The molecule has 0 atom stereocenters. The molecule has 0 bridgehead atoms. The second-order valence-electron chi connectivity index (χ2n) is 8.40. The Bertz CT molecular complexity index is 1170. The molecular weight excluding hydrogens is 560 g/mol. The summed E-state index contributed by atoms with van der Waals surface area (Å²) in [6.45, 7) is 8.61. The Morgan fingerprint density at radius 2 is 0.925 bits per heavy atom. The minimum atomic E-state index is -4.02. The van der Waals surface area contributed by atoms with Gasteiger partial charge in [0.2, 0.25) is 0 Å². The van der Waals surface area contributed by atoms with Crippen LogP contribution in [0.3, 0.4) is 0 Å². The summed E-state index contributed by atoms with van der Waals surface area (Å²) in [5.41, 5.74) is 18.0. The Morgan fingerprint density at radius 1 is 0.625 bits per heavy atom. The van der Waals surface area contributed by atoms with Gasteiger partial charge < -0.3 is 10.6 Å². The number of benzene rings is 2. The first-order chi connectivity index (χ1) is 18.9. The van der Waals surface area contributed by atoms with Gasteiger partial charge in [-0.3, -0.25) is 9.11 Å². The van der Waals surface area contributed by atoms with Crippen LogP contribution in [0, 0.1) is 13.8 Å². The topological polar surface area (TPSA) is 230 Å². The minimum Gasteiger partial charge on any atom is -0.317 e. The second-order valence-corrected chi connectivity index (χ2v) is 11.2. The van der Waals surface area contributed by atoms with E-state index in [0.29, 0.717) is 13.1 Å². The largest absolute Gasteiger partial charge is 0.317 e. The third-order valence-corrected chi connectivity index (χ3v) is 6.68. The van der Waals surface area contributed by atoms with Crippen molar-refractivity contribution in [1.82, 2.24) is 10.6 Å². The molecule has 2 aromatic rings. The summed E-state index contributed by atoms with van der Waals surface area (Å²) in [6.07, 6.45) is 4.04. The molecule has 0 saturated carbocycles. The average Bonchev–Trinajstić information content (AvgIpc) is 2.89. The van der Waals surface area contributed by atoms with Crippen LogP contribution in [0.15, 0.2) is 68.6 Å². The maximum Gasteiger partial charge on any atom is 0.294 e. The molecule has 16 heteroatoms. The smallest absolute Gasteiger partial charge is 0.294 e. The standard InChI is InChI=1S/C10H22N8.2C7H8O3S/c11-17-15-9-3-7-13-5-1-2-6-14-8-4-10-16-18-12;2*1-6-2-4-7(5-3-6)11(8,9)10/h13-14H,1-10H2;2*2-5H,1H3,(H,8,9,10). The SMILES string of the molecule is Cc1ccc(S(=O)(=O)O)cc1.Cc1ccc(S(=O)(=O)O)cc1.[N-]=[N+]=NCCCNCCCCNCCCN=[N+]=[N-]. The van der Waals surface area contributed by atoms with E-state index in [1.165, 1.54) is 24.3 Å². The third kappa shape index (κ3) is 20.7. The average molecular weight is 599 g/mol. The van der Waals surface area contributed by atoms with Gasteiger partial charge in [0.05, 0.1) is 9.79 Å². The van der Waals surface area contributed by atoms with Crippen molar-refractivity contribution in [2.75, 3.05) is 39.3 Å². The predicted molar refractivity (Wildman–Crippen MR) is 154 cm³/mol. The first-order valence-corrected chi connectivity index (χ1v) is 15.3. The number of hydrogen-bond donors (Lipinski definition) is 4. The van der Waals surface area contributed by atoms with Crippen LogP contribution in [0.5, 0.6) is 0 Å². The molecule has 4 N–H and O–H groups in total. The molecule has 2 rings (SSSR count). The van der Waals surface area contributed by atoms with Gasteiger partial charge in [0, 0.05) is 22.9 Å². The van der Waals surface area contributed by atoms with Crippen molar-refractivity contribution in [2.24, 2.45) is 10.2 Å². The Hall–Kier alpha value is -3.20. The van der Waals surface area contributed by atoms with Crippen LogP contribution in [0.1, 0.15) is 36.8 Å². The van der Waals surface area contributed by atoms with Crippen molar-refractivity contribution in [1.29, 1.82) is 0 Å². The summed E-state index contributed by atoms with van der Waals surface area (Å²) in [4.78, 5) is 5.25. The van der Waals surface area contributed by atoms with E-state index in [1.807, 2.05) is 13.8 Å². The van der Waals surface area contributed by atoms with E-state index in [2.05, 4.69) is 30.7 Å². The van der Waals surface area contributed by atoms with Gasteiger partial charge in [-0.05, 0) is 101 Å². The Balaban J connectivity index is 0.000000597. The molecule has 0 fully saturated rings. The van der Waals surface area contributed by atoms with Gasteiger partial charge in [-0.15, -0.1) is 0 Å². The fraction of sp³-hybridized carbons (Fsp3) is 0.500. The quantitative estimate of drug-likeness (QED) is 0.0727. The molecule has 0 aliphatic carbocycles. The van der Waals surface area contributed by atoms with Crippen LogP contribution >= 0.6 is 0 Å². The zero-order valence-corrected chi connectivity index (χ0v) is 24.4. The lowest BCUT2D eigenvalue weighted by Crippen LogP contribution is -2.21. The normalized spacial score (nSPS) is 10.6. The van der Waals surface area contributed by atoms with Gasteiger partial charge in [-0.1, -0.05) is 45.6 Å². The lowest BCUT2D eigenvalue weighted by Gasteiger charge is -2.04. The highest BCUT2D eigenvalue weighted by molar-refractivity contribution is 7.86. The van der Waals surface area contributed by atoms with E-state index in [4.69, 9.17) is 20.2 Å². The van der Waals surface area contributed by atoms with Crippen molar-refractivity contribution in [2.45, 2.75) is 49.3 Å². The van der Waals surface area contributed by atoms with Crippen molar-refractivity contribution in [3.8, 4) is 0 Å². The molecular formula is C24H38N8O6S2. The highest BCUT2D eigenvalue weighted by Gasteiger charge is 2.07. The molecule has 0 spiro atoms. The molecule has 0 unspecified atom stereocenters. The van der Waals surface area contributed by atoms with Gasteiger partial charge in [-0.2, -0.15) is 16.8 Å². The summed E-state index contributed by atoms with van der Waals surface area (Å²) < 4.78 is 59.1. The molecule has 0 radical (unpaired) electrons. The molecule has 0 heterocycles. The van der Waals surface area contributed by atoms with Gasteiger partial charge >= 0.3 is 0 Å². The van der Waals surface area contributed by atoms with Crippen LogP contribution in [0.2, 0.25) is 0 Å². The van der Waals surface area contributed by atoms with Crippen molar-refractivity contribution in [3.05, 3.63) is 80.5 Å². The Kier molecular flexibility index (Phi) is 19.9. The first-order valence-electron chi connectivity index (χ1n) is 12.4. The summed E-state index contributed by atoms with van der Waals surface area (Å²) in [5, 5.41) is 13.5. The number of unbranched alkanes of at least 4 members (excludes halogenated alkanes) is 1. The maximum absolute atomic E-state index is 10.5. The zero-order chi connectivity index (χ0) is 30.3. The van der Waals surface area contributed by atoms with E-state index in [-0.39, 0.29) is 9.79 Å². The molecule has 14 nitrogen and oxygen atoms in total. The van der Waals surface area contributed by atoms with Gasteiger partial charge in [0.15, 0.2) is 0 Å². The second kappa shape index (κ2) is 21.6. The molecule has 2 aromatic carbocycles. The lowest BCUT2D eigenvalue weighted by atomic mass is 10.2. The van der Waals surface area contributed by atoms with Gasteiger partial charge in [0.25, 0.3) is 20.2 Å². The van der Waals surface area contributed by atoms with Crippen LogP contribution in [0.25, 0.3) is 20.9 Å². The number of azide groups is 2. The van der Waals surface area contributed by atoms with E-state index >= 15 is 0 Å². The van der Waals surface area contributed by atoms with Crippen LogP contribution in [-0.4, -0.2) is 65.2 Å². The van der Waals surface area contributed by atoms with Crippen molar-refractivity contribution < 1.29 is 25.9 Å². The number of rotatable bonds is 15. The van der Waals surface area contributed by atoms with Gasteiger partial charge in [-0.25, -0.2) is 0 Å². The fourth-order valence-electron chi connectivity index (χ4n) is 2.81. The summed E-state index contributed by atoms with van der Waals surface area (Å²) in [6, 6.07) is 12.0. The first kappa shape index (κ1) is 36.8. The summed E-state index contributed by atoms with van der Waals surface area (Å²) in [7, 11) is -8.04. The molecule has 0 amide bonds. The van der Waals surface area contributed by atoms with E-state index in [0.717, 1.165) is 63.0 Å². The zero-order valence-electron chi connectivity index (χ0n) is 22.7. The molecule has 0 aliphatic heterocycles. The highest BCUT2D eigenvalue weighted by atomic mass is 32.2. The van der Waals surface area contributed by atoms with Crippen molar-refractivity contribution >= 4 is 20.2 Å². The number of nitrogens with one attached hydrogen (secondary N) is 2. The van der Waals surface area contributed by atoms with Crippen LogP contribution < -0.4 is 10.6 Å². The van der Waals surface area contributed by atoms with E-state index < -0.39 is 20.2 Å². The molecule has 40 heavy (non-hydrogen) atoms. The number of hydrogen-bond acceptors (Lipinski definition) is 8.